The van der Waals surface area contributed by atoms with Gasteiger partial charge in [0.15, 0.2) is 5.13 Å². The highest BCUT2D eigenvalue weighted by Gasteiger charge is 2.35. The number of thiazole rings is 1. The van der Waals surface area contributed by atoms with Crippen LogP contribution in [0.4, 0.5) is 5.13 Å². The maximum atomic E-state index is 12.1. The van der Waals surface area contributed by atoms with Gasteiger partial charge in [0.2, 0.25) is 0 Å². The molecule has 6 nitrogen and oxygen atoms in total. The predicted octanol–water partition coefficient (Wildman–Crippen LogP) is 1.22. The van der Waals surface area contributed by atoms with Crippen LogP contribution in [0, 0.1) is 0 Å². The van der Waals surface area contributed by atoms with Crippen LogP contribution in [-0.4, -0.2) is 21.7 Å². The number of nitrogens with zero attached hydrogens (tertiary/aromatic N) is 2. The molecule has 1 aliphatic heterocycles. The third-order valence-electron chi connectivity index (χ3n) is 2.87. The summed E-state index contributed by atoms with van der Waals surface area (Å²) in [6.45, 7) is 0.214. The molecule has 7 heteroatoms. The van der Waals surface area contributed by atoms with E-state index < -0.39 is 0 Å². The largest absolute Gasteiger partial charge is 0.300 e. The van der Waals surface area contributed by atoms with Gasteiger partial charge in [-0.15, -0.1) is 0 Å². The molecule has 1 aliphatic rings. The van der Waals surface area contributed by atoms with Crippen LogP contribution in [0.15, 0.2) is 30.5 Å². The van der Waals surface area contributed by atoms with Crippen molar-refractivity contribution in [1.29, 1.82) is 0 Å². The predicted molar refractivity (Wildman–Crippen MR) is 70.6 cm³/mol. The number of carbonyl (C=O) groups is 2. The lowest BCUT2D eigenvalue weighted by molar-refractivity contribution is 0.0644. The molecule has 19 heavy (non-hydrogen) atoms. The Morgan fingerprint density at radius 1 is 1.21 bits per heavy atom. The summed E-state index contributed by atoms with van der Waals surface area (Å²) in [4.78, 5) is 30.3. The van der Waals surface area contributed by atoms with Crippen molar-refractivity contribution in [2.24, 2.45) is 5.84 Å². The number of aromatic nitrogens is 1. The highest BCUT2D eigenvalue weighted by Crippen LogP contribution is 2.26. The molecule has 96 valence electrons. The molecule has 0 aliphatic carbocycles. The molecule has 1 aromatic carbocycles. The molecule has 0 bridgehead atoms. The minimum Gasteiger partial charge on any atom is -0.300 e. The van der Waals surface area contributed by atoms with Crippen molar-refractivity contribution in [1.82, 2.24) is 9.88 Å². The number of rotatable bonds is 3. The number of benzene rings is 1. The maximum absolute atomic E-state index is 12.1. The highest BCUT2D eigenvalue weighted by atomic mass is 32.1. The smallest absolute Gasteiger partial charge is 0.261 e. The monoisotopic (exact) mass is 274 g/mol. The lowest BCUT2D eigenvalue weighted by Gasteiger charge is -2.11. The normalized spacial score (nSPS) is 13.8. The molecule has 3 N–H and O–H groups in total. The number of carbonyl (C=O) groups excluding carboxylic acids is 2. The van der Waals surface area contributed by atoms with Crippen molar-refractivity contribution in [2.75, 3.05) is 5.43 Å². The van der Waals surface area contributed by atoms with E-state index in [0.29, 0.717) is 16.3 Å². The van der Waals surface area contributed by atoms with Crippen molar-refractivity contribution in [2.45, 2.75) is 6.54 Å². The molecule has 0 radical (unpaired) electrons. The summed E-state index contributed by atoms with van der Waals surface area (Å²) >= 11 is 1.31. The number of fused-ring (bicyclic) bond motifs is 1. The van der Waals surface area contributed by atoms with Crippen LogP contribution >= 0.6 is 11.3 Å². The van der Waals surface area contributed by atoms with Crippen LogP contribution in [0.25, 0.3) is 0 Å². The maximum Gasteiger partial charge on any atom is 0.261 e. The summed E-state index contributed by atoms with van der Waals surface area (Å²) in [5.41, 5.74) is 3.34. The van der Waals surface area contributed by atoms with Gasteiger partial charge in [-0.25, -0.2) is 10.8 Å². The Labute approximate surface area is 112 Å². The van der Waals surface area contributed by atoms with Crippen molar-refractivity contribution in [3.8, 4) is 0 Å². The molecule has 0 fully saturated rings. The van der Waals surface area contributed by atoms with Gasteiger partial charge in [0, 0.05) is 11.1 Å². The van der Waals surface area contributed by atoms with E-state index in [4.69, 9.17) is 5.84 Å². The van der Waals surface area contributed by atoms with Gasteiger partial charge < -0.3 is 0 Å². The summed E-state index contributed by atoms with van der Waals surface area (Å²) in [6, 6.07) is 6.82. The number of hydrogen-bond acceptors (Lipinski definition) is 6. The van der Waals surface area contributed by atoms with E-state index >= 15 is 0 Å². The number of nitrogens with two attached hydrogens (primary N) is 1. The zero-order valence-corrected chi connectivity index (χ0v) is 10.6. The van der Waals surface area contributed by atoms with Crippen molar-refractivity contribution in [3.63, 3.8) is 0 Å². The summed E-state index contributed by atoms with van der Waals surface area (Å²) < 4.78 is 0. The average Bonchev–Trinajstić information content (AvgIpc) is 2.99. The second-order valence-electron chi connectivity index (χ2n) is 4.02. The fourth-order valence-corrected chi connectivity index (χ4v) is 2.70. The topological polar surface area (TPSA) is 88.3 Å². The quantitative estimate of drug-likeness (QED) is 0.499. The van der Waals surface area contributed by atoms with Crippen LogP contribution in [0.3, 0.4) is 0 Å². The summed E-state index contributed by atoms with van der Waals surface area (Å²) in [5, 5.41) is 0.548. The lowest BCUT2D eigenvalue weighted by atomic mass is 10.1. The summed E-state index contributed by atoms with van der Waals surface area (Å²) in [7, 11) is 0. The summed E-state index contributed by atoms with van der Waals surface area (Å²) in [6.07, 6.45) is 1.60. The van der Waals surface area contributed by atoms with E-state index in [0.717, 1.165) is 4.88 Å². The zero-order chi connectivity index (χ0) is 13.4. The number of nitrogen functional groups attached to an aromatic ring is 1. The molecule has 0 atom stereocenters. The Kier molecular flexibility index (Phi) is 2.77. The second kappa shape index (κ2) is 4.45. The van der Waals surface area contributed by atoms with Gasteiger partial charge in [0.05, 0.1) is 17.7 Å². The molecule has 1 aromatic heterocycles. The second-order valence-corrected chi connectivity index (χ2v) is 5.13. The Balaban J connectivity index is 1.88. The molecule has 0 saturated heterocycles. The molecular weight excluding hydrogens is 264 g/mol. The van der Waals surface area contributed by atoms with Gasteiger partial charge in [0.25, 0.3) is 11.8 Å². The van der Waals surface area contributed by atoms with E-state index in [1.807, 2.05) is 0 Å². The first-order chi connectivity index (χ1) is 9.20. The number of amides is 2. The number of imide groups is 1. The van der Waals surface area contributed by atoms with E-state index in [1.165, 1.54) is 16.2 Å². The van der Waals surface area contributed by atoms with E-state index in [9.17, 15) is 9.59 Å². The van der Waals surface area contributed by atoms with Gasteiger partial charge in [-0.05, 0) is 12.1 Å². The first-order valence-corrected chi connectivity index (χ1v) is 6.39. The first-order valence-electron chi connectivity index (χ1n) is 5.57. The number of hydrogen-bond donors (Lipinski definition) is 2. The van der Waals surface area contributed by atoms with Crippen LogP contribution in [0.2, 0.25) is 0 Å². The summed E-state index contributed by atoms with van der Waals surface area (Å²) in [5.74, 6) is 4.71. The number of nitrogens with one attached hydrogen (secondary N) is 1. The Morgan fingerprint density at radius 3 is 2.37 bits per heavy atom. The number of anilines is 1. The third-order valence-corrected chi connectivity index (χ3v) is 3.78. The zero-order valence-electron chi connectivity index (χ0n) is 9.79. The minimum atomic E-state index is -0.267. The Morgan fingerprint density at radius 2 is 1.84 bits per heavy atom. The average molecular weight is 274 g/mol. The standard InChI is InChI=1S/C12H10N4O2S/c13-15-12-14-5-7(19-12)6-16-10(17)8-3-1-2-4-9(8)11(16)18/h1-5H,6,13H2,(H,14,15). The molecule has 0 unspecified atom stereocenters. The van der Waals surface area contributed by atoms with Gasteiger partial charge in [-0.1, -0.05) is 23.5 Å². The SMILES string of the molecule is NNc1ncc(CN2C(=O)c3ccccc3C2=O)s1. The van der Waals surface area contributed by atoms with E-state index in [2.05, 4.69) is 10.4 Å². The fourth-order valence-electron chi connectivity index (χ4n) is 1.99. The van der Waals surface area contributed by atoms with Crippen molar-refractivity contribution >= 4 is 28.3 Å². The molecule has 2 aromatic rings. The first kappa shape index (κ1) is 11.8. The third kappa shape index (κ3) is 1.88. The van der Waals surface area contributed by atoms with E-state index in [-0.39, 0.29) is 18.4 Å². The van der Waals surface area contributed by atoms with Gasteiger partial charge in [-0.2, -0.15) is 0 Å². The van der Waals surface area contributed by atoms with Gasteiger partial charge >= 0.3 is 0 Å². The molecule has 0 spiro atoms. The van der Waals surface area contributed by atoms with Crippen LogP contribution in [0.1, 0.15) is 25.6 Å². The van der Waals surface area contributed by atoms with Crippen LogP contribution in [0.5, 0.6) is 0 Å². The molecule has 2 heterocycles. The Hall–Kier alpha value is -2.25. The van der Waals surface area contributed by atoms with Crippen LogP contribution in [-0.2, 0) is 6.54 Å². The lowest BCUT2D eigenvalue weighted by Crippen LogP contribution is -2.28. The van der Waals surface area contributed by atoms with E-state index in [1.54, 1.807) is 30.5 Å². The molecule has 3 rings (SSSR count). The van der Waals surface area contributed by atoms with Gasteiger partial charge in [0.1, 0.15) is 0 Å². The highest BCUT2D eigenvalue weighted by molar-refractivity contribution is 7.15. The molecule has 2 amide bonds. The number of hydrazine groups is 1. The Bertz CT molecular complexity index is 632. The molecule has 0 saturated carbocycles. The molecular formula is C12H10N4O2S. The van der Waals surface area contributed by atoms with Crippen LogP contribution < -0.4 is 11.3 Å². The van der Waals surface area contributed by atoms with Crippen molar-refractivity contribution < 1.29 is 9.59 Å². The minimum absolute atomic E-state index is 0.214. The van der Waals surface area contributed by atoms with Crippen molar-refractivity contribution in [3.05, 3.63) is 46.5 Å². The van der Waals surface area contributed by atoms with Gasteiger partial charge in [-0.3, -0.25) is 19.9 Å². The fraction of sp³-hybridized carbons (Fsp3) is 0.0833.